The van der Waals surface area contributed by atoms with E-state index in [1.54, 1.807) is 0 Å². The maximum absolute atomic E-state index is 11.9. The van der Waals surface area contributed by atoms with Gasteiger partial charge in [0.15, 0.2) is 0 Å². The molecule has 2 N–H and O–H groups in total. The van der Waals surface area contributed by atoms with Gasteiger partial charge in [-0.15, -0.1) is 0 Å². The fourth-order valence-electron chi connectivity index (χ4n) is 5.40. The highest BCUT2D eigenvalue weighted by atomic mass is 16.4. The Bertz CT molecular complexity index is 479. The predicted molar refractivity (Wildman–Crippen MR) is 135 cm³/mol. The Labute approximate surface area is 194 Å². The zero-order valence-corrected chi connectivity index (χ0v) is 21.9. The fourth-order valence-corrected chi connectivity index (χ4v) is 5.40. The maximum atomic E-state index is 11.9. The van der Waals surface area contributed by atoms with Gasteiger partial charge in [0.05, 0.1) is 5.41 Å². The summed E-state index contributed by atoms with van der Waals surface area (Å²) in [6.45, 7) is 15.1. The van der Waals surface area contributed by atoms with E-state index in [1.807, 2.05) is 13.8 Å². The highest BCUT2D eigenvalue weighted by molar-refractivity contribution is 5.74. The molecule has 0 aromatic heterocycles. The van der Waals surface area contributed by atoms with Crippen molar-refractivity contribution in [2.24, 2.45) is 28.6 Å². The van der Waals surface area contributed by atoms with Crippen LogP contribution in [0.25, 0.3) is 0 Å². The monoisotopic (exact) mass is 437 g/mol. The molecule has 1 aliphatic rings. The molecule has 184 valence electrons. The lowest BCUT2D eigenvalue weighted by atomic mass is 9.59. The van der Waals surface area contributed by atoms with Crippen LogP contribution in [0.1, 0.15) is 131 Å². The number of carboxylic acid groups (broad SMARTS) is 1. The standard InChI is InChI=1S/C28H55NO2/c1-7-8-9-10-11-12-13-14-15-16-17-25(24-18-20-29-21-19-24)22-23(2)27(3,4)28(5,6)26(30)31/h23-25,29H,7-22H2,1-6H3,(H,30,31). The van der Waals surface area contributed by atoms with E-state index in [-0.39, 0.29) is 5.41 Å². The summed E-state index contributed by atoms with van der Waals surface area (Å²) in [7, 11) is 0. The number of carboxylic acids is 1. The van der Waals surface area contributed by atoms with Crippen LogP contribution in [0.3, 0.4) is 0 Å². The second kappa shape index (κ2) is 14.6. The Morgan fingerprint density at radius 3 is 1.87 bits per heavy atom. The van der Waals surface area contributed by atoms with Gasteiger partial charge in [0.1, 0.15) is 0 Å². The van der Waals surface area contributed by atoms with Crippen LogP contribution in [0, 0.1) is 28.6 Å². The highest BCUT2D eigenvalue weighted by Crippen LogP contribution is 2.48. The molecule has 1 aliphatic heterocycles. The minimum atomic E-state index is -0.706. The number of aliphatic carboxylic acids is 1. The molecule has 0 amide bonds. The number of carbonyl (C=O) groups is 1. The van der Waals surface area contributed by atoms with E-state index >= 15 is 0 Å². The first kappa shape index (κ1) is 28.5. The van der Waals surface area contributed by atoms with Gasteiger partial charge in [0, 0.05) is 0 Å². The molecule has 0 aliphatic carbocycles. The van der Waals surface area contributed by atoms with Crippen LogP contribution < -0.4 is 5.32 Å². The molecule has 3 nitrogen and oxygen atoms in total. The molecule has 3 heteroatoms. The zero-order chi connectivity index (χ0) is 23.3. The Morgan fingerprint density at radius 2 is 1.39 bits per heavy atom. The summed E-state index contributed by atoms with van der Waals surface area (Å²) in [4.78, 5) is 11.9. The summed E-state index contributed by atoms with van der Waals surface area (Å²) < 4.78 is 0. The van der Waals surface area contributed by atoms with Crippen molar-refractivity contribution >= 4 is 5.97 Å². The van der Waals surface area contributed by atoms with Gasteiger partial charge in [-0.1, -0.05) is 98.3 Å². The second-order valence-corrected chi connectivity index (χ2v) is 11.6. The second-order valence-electron chi connectivity index (χ2n) is 11.6. The van der Waals surface area contributed by atoms with Crippen molar-refractivity contribution in [2.75, 3.05) is 13.1 Å². The lowest BCUT2D eigenvalue weighted by molar-refractivity contribution is -0.156. The van der Waals surface area contributed by atoms with Gasteiger partial charge >= 0.3 is 5.97 Å². The number of unbranched alkanes of at least 4 members (excludes halogenated alkanes) is 9. The number of hydrogen-bond acceptors (Lipinski definition) is 2. The molecule has 1 rings (SSSR count). The summed E-state index contributed by atoms with van der Waals surface area (Å²) in [6.07, 6.45) is 19.0. The first-order chi connectivity index (χ1) is 14.6. The van der Waals surface area contributed by atoms with Crippen LogP contribution in [-0.2, 0) is 4.79 Å². The van der Waals surface area contributed by atoms with Crippen LogP contribution in [0.4, 0.5) is 0 Å². The molecular formula is C28H55NO2. The SMILES string of the molecule is CCCCCCCCCCCCC(CC(C)C(C)(C)C(C)(C)C(=O)O)C1CCNCC1. The molecule has 2 atom stereocenters. The van der Waals surface area contributed by atoms with Gasteiger partial charge in [0.25, 0.3) is 0 Å². The van der Waals surface area contributed by atoms with Crippen molar-refractivity contribution in [1.82, 2.24) is 5.32 Å². The first-order valence-corrected chi connectivity index (χ1v) is 13.6. The third kappa shape index (κ3) is 9.44. The molecule has 1 heterocycles. The van der Waals surface area contributed by atoms with Crippen molar-refractivity contribution in [1.29, 1.82) is 0 Å². The van der Waals surface area contributed by atoms with E-state index in [0.717, 1.165) is 24.9 Å². The lowest BCUT2D eigenvalue weighted by Crippen LogP contribution is -2.44. The molecule has 1 saturated heterocycles. The third-order valence-corrected chi connectivity index (χ3v) is 9.01. The fraction of sp³-hybridized carbons (Fsp3) is 0.964. The van der Waals surface area contributed by atoms with E-state index in [2.05, 4.69) is 33.0 Å². The highest BCUT2D eigenvalue weighted by Gasteiger charge is 2.47. The number of nitrogens with one attached hydrogen (secondary N) is 1. The smallest absolute Gasteiger partial charge is 0.309 e. The van der Waals surface area contributed by atoms with Gasteiger partial charge < -0.3 is 10.4 Å². The van der Waals surface area contributed by atoms with Crippen LogP contribution in [-0.4, -0.2) is 24.2 Å². The molecule has 2 unspecified atom stereocenters. The van der Waals surface area contributed by atoms with Gasteiger partial charge in [-0.05, 0) is 69.4 Å². The Hall–Kier alpha value is -0.570. The molecule has 0 saturated carbocycles. The average Bonchev–Trinajstić information content (AvgIpc) is 2.74. The van der Waals surface area contributed by atoms with Crippen LogP contribution >= 0.6 is 0 Å². The maximum Gasteiger partial charge on any atom is 0.309 e. The molecular weight excluding hydrogens is 382 g/mol. The van der Waals surface area contributed by atoms with Gasteiger partial charge in [0.2, 0.25) is 0 Å². The van der Waals surface area contributed by atoms with Crippen molar-refractivity contribution in [3.05, 3.63) is 0 Å². The molecule has 0 bridgehead atoms. The van der Waals surface area contributed by atoms with E-state index in [4.69, 9.17) is 0 Å². The van der Waals surface area contributed by atoms with Crippen LogP contribution in [0.15, 0.2) is 0 Å². The Morgan fingerprint density at radius 1 is 0.903 bits per heavy atom. The van der Waals surface area contributed by atoms with Gasteiger partial charge in [-0.3, -0.25) is 4.79 Å². The Balaban J connectivity index is 2.50. The third-order valence-electron chi connectivity index (χ3n) is 9.01. The molecule has 31 heavy (non-hydrogen) atoms. The predicted octanol–water partition coefficient (Wildman–Crippen LogP) is 8.08. The molecule has 0 spiro atoms. The van der Waals surface area contributed by atoms with E-state index in [9.17, 15) is 9.90 Å². The number of rotatable bonds is 17. The van der Waals surface area contributed by atoms with E-state index < -0.39 is 11.4 Å². The zero-order valence-electron chi connectivity index (χ0n) is 21.9. The summed E-state index contributed by atoms with van der Waals surface area (Å²) in [5, 5.41) is 13.3. The van der Waals surface area contributed by atoms with Gasteiger partial charge in [-0.2, -0.15) is 0 Å². The van der Waals surface area contributed by atoms with Crippen molar-refractivity contribution in [3.63, 3.8) is 0 Å². The molecule has 0 aromatic carbocycles. The molecule has 0 radical (unpaired) electrons. The Kier molecular flexibility index (Phi) is 13.4. The van der Waals surface area contributed by atoms with Crippen LogP contribution in [0.2, 0.25) is 0 Å². The lowest BCUT2D eigenvalue weighted by Gasteiger charge is -2.45. The van der Waals surface area contributed by atoms with E-state index in [1.165, 1.54) is 89.9 Å². The van der Waals surface area contributed by atoms with Crippen molar-refractivity contribution < 1.29 is 9.90 Å². The topological polar surface area (TPSA) is 49.3 Å². The summed E-state index contributed by atoms with van der Waals surface area (Å²) in [6, 6.07) is 0. The molecule has 1 fully saturated rings. The summed E-state index contributed by atoms with van der Waals surface area (Å²) in [5.41, 5.74) is -0.927. The van der Waals surface area contributed by atoms with Crippen molar-refractivity contribution in [3.8, 4) is 0 Å². The normalized spacial score (nSPS) is 18.1. The summed E-state index contributed by atoms with van der Waals surface area (Å²) >= 11 is 0. The van der Waals surface area contributed by atoms with E-state index in [0.29, 0.717) is 5.92 Å². The van der Waals surface area contributed by atoms with Crippen molar-refractivity contribution in [2.45, 2.75) is 131 Å². The van der Waals surface area contributed by atoms with Crippen LogP contribution in [0.5, 0.6) is 0 Å². The largest absolute Gasteiger partial charge is 0.481 e. The first-order valence-electron chi connectivity index (χ1n) is 13.6. The minimum absolute atomic E-state index is 0.220. The number of hydrogen-bond donors (Lipinski definition) is 2. The van der Waals surface area contributed by atoms with Gasteiger partial charge in [-0.25, -0.2) is 0 Å². The quantitative estimate of drug-likeness (QED) is 0.226. The molecule has 0 aromatic rings. The average molecular weight is 438 g/mol. The number of piperidine rings is 1. The summed E-state index contributed by atoms with van der Waals surface area (Å²) in [5.74, 6) is 1.29. The minimum Gasteiger partial charge on any atom is -0.481 e.